The zero-order valence-electron chi connectivity index (χ0n) is 11.8. The number of nitrogens with zero attached hydrogens (tertiary/aromatic N) is 1. The van der Waals surface area contributed by atoms with Crippen molar-refractivity contribution in [2.24, 2.45) is 0 Å². The van der Waals surface area contributed by atoms with Crippen LogP contribution in [-0.4, -0.2) is 44.0 Å². The lowest BCUT2D eigenvalue weighted by atomic mass is 10.1. The molecule has 0 bridgehead atoms. The number of likely N-dealkylation sites (tertiary alicyclic amines) is 1. The van der Waals surface area contributed by atoms with Crippen molar-refractivity contribution in [3.63, 3.8) is 0 Å². The highest BCUT2D eigenvalue weighted by atomic mass is 16.5. The van der Waals surface area contributed by atoms with Crippen LogP contribution in [0.2, 0.25) is 0 Å². The van der Waals surface area contributed by atoms with E-state index in [1.165, 1.54) is 6.92 Å². The second-order valence-corrected chi connectivity index (χ2v) is 5.01. The van der Waals surface area contributed by atoms with Crippen LogP contribution in [0.4, 0.5) is 0 Å². The fourth-order valence-electron chi connectivity index (χ4n) is 2.38. The van der Waals surface area contributed by atoms with E-state index in [-0.39, 0.29) is 11.9 Å². The van der Waals surface area contributed by atoms with Crippen molar-refractivity contribution in [1.82, 2.24) is 4.90 Å². The number of methoxy groups -OCH3 is 1. The Morgan fingerprint density at radius 3 is 2.58 bits per heavy atom. The molecule has 1 saturated heterocycles. The third kappa shape index (κ3) is 3.26. The molecule has 0 aliphatic carbocycles. The van der Waals surface area contributed by atoms with Crippen molar-refractivity contribution >= 4 is 5.78 Å². The number of hydrogen-bond acceptors (Lipinski definition) is 4. The molecule has 0 radical (unpaired) electrons. The molecule has 0 atom stereocenters. The summed E-state index contributed by atoms with van der Waals surface area (Å²) in [6, 6.07) is 5.47. The van der Waals surface area contributed by atoms with Crippen LogP contribution >= 0.6 is 0 Å². The molecule has 0 amide bonds. The van der Waals surface area contributed by atoms with Gasteiger partial charge in [0.2, 0.25) is 0 Å². The maximum Gasteiger partial charge on any atom is 0.171 e. The van der Waals surface area contributed by atoms with Crippen LogP contribution in [0.25, 0.3) is 0 Å². The monoisotopic (exact) mass is 263 g/mol. The number of benzene rings is 1. The molecule has 1 fully saturated rings. The Kier molecular flexibility index (Phi) is 4.43. The van der Waals surface area contributed by atoms with Crippen molar-refractivity contribution in [1.29, 1.82) is 0 Å². The molecule has 1 aromatic carbocycles. The van der Waals surface area contributed by atoms with Crippen LogP contribution in [0.15, 0.2) is 18.2 Å². The van der Waals surface area contributed by atoms with Gasteiger partial charge >= 0.3 is 0 Å². The standard InChI is InChI=1S/C15H21NO3/c1-11(17)13-5-4-6-14(15(13)18-3)19-12-7-9-16(2)10-8-12/h4-6,12H,7-10H2,1-3H3. The van der Waals surface area contributed by atoms with Gasteiger partial charge in [0, 0.05) is 13.1 Å². The van der Waals surface area contributed by atoms with Crippen molar-refractivity contribution < 1.29 is 14.3 Å². The van der Waals surface area contributed by atoms with E-state index in [1.54, 1.807) is 13.2 Å². The molecule has 1 aliphatic rings. The molecule has 19 heavy (non-hydrogen) atoms. The van der Waals surface area contributed by atoms with Gasteiger partial charge < -0.3 is 14.4 Å². The second kappa shape index (κ2) is 6.06. The zero-order valence-corrected chi connectivity index (χ0v) is 11.8. The molecular formula is C15H21NO3. The minimum absolute atomic E-state index is 0.00863. The molecule has 0 N–H and O–H groups in total. The first-order valence-electron chi connectivity index (χ1n) is 6.65. The number of ketones is 1. The summed E-state index contributed by atoms with van der Waals surface area (Å²) < 4.78 is 11.4. The number of Topliss-reactive ketones (excluding diaryl/α,β-unsaturated/α-hetero) is 1. The highest BCUT2D eigenvalue weighted by Gasteiger charge is 2.21. The molecule has 4 nitrogen and oxygen atoms in total. The van der Waals surface area contributed by atoms with E-state index in [0.717, 1.165) is 25.9 Å². The first-order chi connectivity index (χ1) is 9.11. The Balaban J connectivity index is 2.16. The predicted molar refractivity (Wildman–Crippen MR) is 74.1 cm³/mol. The van der Waals surface area contributed by atoms with E-state index < -0.39 is 0 Å². The molecule has 0 spiro atoms. The van der Waals surface area contributed by atoms with Gasteiger partial charge in [0.1, 0.15) is 6.10 Å². The molecule has 2 rings (SSSR count). The van der Waals surface area contributed by atoms with E-state index in [0.29, 0.717) is 17.1 Å². The second-order valence-electron chi connectivity index (χ2n) is 5.01. The van der Waals surface area contributed by atoms with Crippen LogP contribution in [0.5, 0.6) is 11.5 Å². The van der Waals surface area contributed by atoms with Crippen LogP contribution in [0.3, 0.4) is 0 Å². The lowest BCUT2D eigenvalue weighted by molar-refractivity contribution is 0.1000. The SMILES string of the molecule is COc1c(OC2CCN(C)CC2)cccc1C(C)=O. The molecule has 1 aromatic rings. The lowest BCUT2D eigenvalue weighted by Gasteiger charge is -2.29. The van der Waals surface area contributed by atoms with Gasteiger partial charge in [-0.3, -0.25) is 4.79 Å². The van der Waals surface area contributed by atoms with Gasteiger partial charge in [-0.2, -0.15) is 0 Å². The van der Waals surface area contributed by atoms with Gasteiger partial charge in [-0.25, -0.2) is 0 Å². The number of hydrogen-bond donors (Lipinski definition) is 0. The van der Waals surface area contributed by atoms with E-state index in [4.69, 9.17) is 9.47 Å². The van der Waals surface area contributed by atoms with E-state index in [9.17, 15) is 4.79 Å². The van der Waals surface area contributed by atoms with Crippen molar-refractivity contribution in [3.05, 3.63) is 23.8 Å². The minimum atomic E-state index is -0.00863. The number of carbonyl (C=O) groups is 1. The summed E-state index contributed by atoms with van der Waals surface area (Å²) in [7, 11) is 3.69. The quantitative estimate of drug-likeness (QED) is 0.782. The first-order valence-corrected chi connectivity index (χ1v) is 6.65. The molecule has 1 heterocycles. The highest BCUT2D eigenvalue weighted by molar-refractivity contribution is 5.97. The minimum Gasteiger partial charge on any atom is -0.492 e. The zero-order chi connectivity index (χ0) is 13.8. The molecule has 0 aromatic heterocycles. The maximum absolute atomic E-state index is 11.6. The van der Waals surface area contributed by atoms with Gasteiger partial charge in [0.05, 0.1) is 12.7 Å². The van der Waals surface area contributed by atoms with Crippen molar-refractivity contribution in [2.75, 3.05) is 27.2 Å². The van der Waals surface area contributed by atoms with Gasteiger partial charge in [-0.1, -0.05) is 6.07 Å². The largest absolute Gasteiger partial charge is 0.492 e. The summed E-state index contributed by atoms with van der Waals surface area (Å²) in [5.41, 5.74) is 0.577. The van der Waals surface area contributed by atoms with Gasteiger partial charge in [0.25, 0.3) is 0 Å². The van der Waals surface area contributed by atoms with Crippen LogP contribution in [0.1, 0.15) is 30.1 Å². The topological polar surface area (TPSA) is 38.8 Å². The fourth-order valence-corrected chi connectivity index (χ4v) is 2.38. The van der Waals surface area contributed by atoms with Gasteiger partial charge in [-0.05, 0) is 38.9 Å². The van der Waals surface area contributed by atoms with Gasteiger partial charge in [-0.15, -0.1) is 0 Å². The van der Waals surface area contributed by atoms with Gasteiger partial charge in [0.15, 0.2) is 17.3 Å². The number of piperidine rings is 1. The van der Waals surface area contributed by atoms with E-state index in [1.807, 2.05) is 12.1 Å². The predicted octanol–water partition coefficient (Wildman–Crippen LogP) is 2.37. The fraction of sp³-hybridized carbons (Fsp3) is 0.533. The molecule has 0 unspecified atom stereocenters. The highest BCUT2D eigenvalue weighted by Crippen LogP contribution is 2.33. The third-order valence-corrected chi connectivity index (χ3v) is 3.52. The summed E-state index contributed by atoms with van der Waals surface area (Å²) in [5, 5.41) is 0. The number of rotatable bonds is 4. The van der Waals surface area contributed by atoms with E-state index in [2.05, 4.69) is 11.9 Å². The Bertz CT molecular complexity index is 451. The Morgan fingerprint density at radius 1 is 1.32 bits per heavy atom. The summed E-state index contributed by atoms with van der Waals surface area (Å²) >= 11 is 0. The van der Waals surface area contributed by atoms with Crippen molar-refractivity contribution in [2.45, 2.75) is 25.9 Å². The Hall–Kier alpha value is -1.55. The molecule has 104 valence electrons. The number of carbonyl (C=O) groups excluding carboxylic acids is 1. The lowest BCUT2D eigenvalue weighted by Crippen LogP contribution is -2.35. The summed E-state index contributed by atoms with van der Waals surface area (Å²) in [4.78, 5) is 13.9. The Labute approximate surface area is 114 Å². The molecule has 0 saturated carbocycles. The molecule has 1 aliphatic heterocycles. The normalized spacial score (nSPS) is 17.2. The smallest absolute Gasteiger partial charge is 0.171 e. The Morgan fingerprint density at radius 2 is 2.00 bits per heavy atom. The summed E-state index contributed by atoms with van der Waals surface area (Å²) in [5.74, 6) is 1.21. The molecular weight excluding hydrogens is 242 g/mol. The summed E-state index contributed by atoms with van der Waals surface area (Å²) in [6.45, 7) is 3.62. The average Bonchev–Trinajstić information content (AvgIpc) is 2.41. The first kappa shape index (κ1) is 13.9. The maximum atomic E-state index is 11.6. The molecule has 4 heteroatoms. The summed E-state index contributed by atoms with van der Waals surface area (Å²) in [6.07, 6.45) is 2.21. The van der Waals surface area contributed by atoms with Crippen molar-refractivity contribution in [3.8, 4) is 11.5 Å². The average molecular weight is 263 g/mol. The van der Waals surface area contributed by atoms with Crippen LogP contribution in [0, 0.1) is 0 Å². The van der Waals surface area contributed by atoms with Crippen LogP contribution in [-0.2, 0) is 0 Å². The van der Waals surface area contributed by atoms with E-state index >= 15 is 0 Å². The number of para-hydroxylation sites is 1. The third-order valence-electron chi connectivity index (χ3n) is 3.52. The number of ether oxygens (including phenoxy) is 2. The van der Waals surface area contributed by atoms with Crippen LogP contribution < -0.4 is 9.47 Å².